The van der Waals surface area contributed by atoms with E-state index in [2.05, 4.69) is 12.2 Å². The van der Waals surface area contributed by atoms with Crippen molar-refractivity contribution in [1.29, 1.82) is 0 Å². The Balaban J connectivity index is 2.01. The first-order valence-corrected chi connectivity index (χ1v) is 5.28. The van der Waals surface area contributed by atoms with Crippen LogP contribution >= 0.6 is 0 Å². The van der Waals surface area contributed by atoms with Crippen molar-refractivity contribution < 1.29 is 14.6 Å². The molecule has 3 nitrogen and oxygen atoms in total. The maximum Gasteiger partial charge on any atom is 0.309 e. The van der Waals surface area contributed by atoms with Crippen LogP contribution in [0, 0.1) is 11.8 Å². The van der Waals surface area contributed by atoms with E-state index in [9.17, 15) is 4.79 Å². The minimum absolute atomic E-state index is 0.0440. The first-order chi connectivity index (χ1) is 6.79. The summed E-state index contributed by atoms with van der Waals surface area (Å²) in [4.78, 5) is 11.0. The Morgan fingerprint density at radius 2 is 2.21 bits per heavy atom. The van der Waals surface area contributed by atoms with Crippen molar-refractivity contribution in [3.63, 3.8) is 0 Å². The van der Waals surface area contributed by atoms with Crippen molar-refractivity contribution in [1.82, 2.24) is 0 Å². The zero-order chi connectivity index (χ0) is 9.97. The van der Waals surface area contributed by atoms with Gasteiger partial charge in [-0.15, -0.1) is 0 Å². The summed E-state index contributed by atoms with van der Waals surface area (Å²) in [5.41, 5.74) is 0. The fourth-order valence-corrected chi connectivity index (χ4v) is 2.46. The van der Waals surface area contributed by atoms with Gasteiger partial charge in [0.1, 0.15) is 0 Å². The quantitative estimate of drug-likeness (QED) is 0.685. The van der Waals surface area contributed by atoms with Gasteiger partial charge in [-0.05, 0) is 31.6 Å². The van der Waals surface area contributed by atoms with Gasteiger partial charge in [0, 0.05) is 6.61 Å². The Bertz CT molecular complexity index is 247. The topological polar surface area (TPSA) is 46.5 Å². The molecular weight excluding hydrogens is 180 g/mol. The molecule has 1 heterocycles. The van der Waals surface area contributed by atoms with Crippen molar-refractivity contribution in [2.75, 3.05) is 6.61 Å². The molecule has 0 aromatic heterocycles. The Kier molecular flexibility index (Phi) is 2.87. The predicted molar refractivity (Wildman–Crippen MR) is 52.0 cm³/mol. The Morgan fingerprint density at radius 1 is 1.36 bits per heavy atom. The van der Waals surface area contributed by atoms with Crippen LogP contribution in [0.3, 0.4) is 0 Å². The number of carbonyl (C=O) groups is 1. The fourth-order valence-electron chi connectivity index (χ4n) is 2.46. The molecule has 0 amide bonds. The third-order valence-corrected chi connectivity index (χ3v) is 3.23. The SMILES string of the molecule is O=C(O)C1CCOC1C1CC=CCC1. The molecule has 1 saturated heterocycles. The summed E-state index contributed by atoms with van der Waals surface area (Å²) in [6, 6.07) is 0. The van der Waals surface area contributed by atoms with Crippen LogP contribution in [0.25, 0.3) is 0 Å². The molecule has 1 N–H and O–H groups in total. The van der Waals surface area contributed by atoms with E-state index in [4.69, 9.17) is 9.84 Å². The summed E-state index contributed by atoms with van der Waals surface area (Å²) in [5, 5.41) is 9.02. The minimum atomic E-state index is -0.693. The fraction of sp³-hybridized carbons (Fsp3) is 0.727. The van der Waals surface area contributed by atoms with Crippen molar-refractivity contribution >= 4 is 5.97 Å². The molecule has 3 atom stereocenters. The molecule has 14 heavy (non-hydrogen) atoms. The molecule has 2 rings (SSSR count). The smallest absolute Gasteiger partial charge is 0.309 e. The van der Waals surface area contributed by atoms with Crippen molar-refractivity contribution in [3.8, 4) is 0 Å². The highest BCUT2D eigenvalue weighted by atomic mass is 16.5. The second-order valence-corrected chi connectivity index (χ2v) is 4.11. The van der Waals surface area contributed by atoms with E-state index in [-0.39, 0.29) is 12.0 Å². The predicted octanol–water partition coefficient (Wildman–Crippen LogP) is 1.83. The average Bonchev–Trinajstić information content (AvgIpc) is 2.67. The Hall–Kier alpha value is -0.830. The molecule has 1 aliphatic carbocycles. The second kappa shape index (κ2) is 4.13. The molecule has 0 aromatic carbocycles. The highest BCUT2D eigenvalue weighted by molar-refractivity contribution is 5.71. The highest BCUT2D eigenvalue weighted by Crippen LogP contribution is 2.33. The molecule has 3 unspecified atom stereocenters. The van der Waals surface area contributed by atoms with Crippen LogP contribution in [0.2, 0.25) is 0 Å². The van der Waals surface area contributed by atoms with Gasteiger partial charge in [0.15, 0.2) is 0 Å². The van der Waals surface area contributed by atoms with Crippen molar-refractivity contribution in [2.45, 2.75) is 31.8 Å². The maximum absolute atomic E-state index is 11.0. The highest BCUT2D eigenvalue weighted by Gasteiger charge is 2.38. The number of hydrogen-bond acceptors (Lipinski definition) is 2. The van der Waals surface area contributed by atoms with Crippen LogP contribution in [0.15, 0.2) is 12.2 Å². The molecule has 0 bridgehead atoms. The molecule has 0 aromatic rings. The molecule has 0 saturated carbocycles. The number of rotatable bonds is 2. The van der Waals surface area contributed by atoms with Gasteiger partial charge in [-0.1, -0.05) is 12.2 Å². The number of aliphatic carboxylic acids is 1. The number of allylic oxidation sites excluding steroid dienone is 2. The van der Waals surface area contributed by atoms with E-state index >= 15 is 0 Å². The van der Waals surface area contributed by atoms with Gasteiger partial charge in [-0.3, -0.25) is 4.79 Å². The lowest BCUT2D eigenvalue weighted by atomic mass is 9.83. The summed E-state index contributed by atoms with van der Waals surface area (Å²) in [6.45, 7) is 0.613. The summed E-state index contributed by atoms with van der Waals surface area (Å²) in [6.07, 6.45) is 8.07. The van der Waals surface area contributed by atoms with Crippen molar-refractivity contribution in [3.05, 3.63) is 12.2 Å². The monoisotopic (exact) mass is 196 g/mol. The lowest BCUT2D eigenvalue weighted by molar-refractivity contribution is -0.144. The van der Waals surface area contributed by atoms with Crippen LogP contribution in [0.4, 0.5) is 0 Å². The van der Waals surface area contributed by atoms with E-state index in [1.54, 1.807) is 0 Å². The van der Waals surface area contributed by atoms with Crippen LogP contribution < -0.4 is 0 Å². The minimum Gasteiger partial charge on any atom is -0.481 e. The normalized spacial score (nSPS) is 37.3. The Morgan fingerprint density at radius 3 is 2.86 bits per heavy atom. The van der Waals surface area contributed by atoms with Crippen LogP contribution in [0.5, 0.6) is 0 Å². The summed E-state index contributed by atoms with van der Waals surface area (Å²) in [7, 11) is 0. The third kappa shape index (κ3) is 1.82. The van der Waals surface area contributed by atoms with Gasteiger partial charge in [-0.25, -0.2) is 0 Å². The van der Waals surface area contributed by atoms with Crippen LogP contribution in [-0.4, -0.2) is 23.8 Å². The molecule has 0 spiro atoms. The number of carboxylic acid groups (broad SMARTS) is 1. The van der Waals surface area contributed by atoms with Gasteiger partial charge in [0.2, 0.25) is 0 Å². The lowest BCUT2D eigenvalue weighted by Gasteiger charge is -2.26. The van der Waals surface area contributed by atoms with Gasteiger partial charge < -0.3 is 9.84 Å². The van der Waals surface area contributed by atoms with Gasteiger partial charge in [0.05, 0.1) is 12.0 Å². The zero-order valence-electron chi connectivity index (χ0n) is 8.19. The lowest BCUT2D eigenvalue weighted by Crippen LogP contribution is -2.31. The standard InChI is InChI=1S/C11H16O3/c12-11(13)9-6-7-14-10(9)8-4-2-1-3-5-8/h1-2,8-10H,3-7H2,(H,12,13). The average molecular weight is 196 g/mol. The summed E-state index contributed by atoms with van der Waals surface area (Å²) in [5.74, 6) is -0.544. The van der Waals surface area contributed by atoms with E-state index < -0.39 is 5.97 Å². The number of hydrogen-bond donors (Lipinski definition) is 1. The molecule has 0 radical (unpaired) electrons. The van der Waals surface area contributed by atoms with E-state index in [1.807, 2.05) is 0 Å². The summed E-state index contributed by atoms with van der Waals surface area (Å²) < 4.78 is 5.55. The van der Waals surface area contributed by atoms with Crippen molar-refractivity contribution in [2.24, 2.45) is 11.8 Å². The second-order valence-electron chi connectivity index (χ2n) is 4.11. The molecule has 2 aliphatic rings. The molecule has 1 fully saturated rings. The molecular formula is C11H16O3. The molecule has 1 aliphatic heterocycles. The van der Waals surface area contributed by atoms with E-state index in [0.717, 1.165) is 19.3 Å². The van der Waals surface area contributed by atoms with Gasteiger partial charge in [-0.2, -0.15) is 0 Å². The van der Waals surface area contributed by atoms with Gasteiger partial charge in [0.25, 0.3) is 0 Å². The first-order valence-electron chi connectivity index (χ1n) is 5.28. The summed E-state index contributed by atoms with van der Waals surface area (Å²) >= 11 is 0. The Labute approximate surface area is 83.8 Å². The number of ether oxygens (including phenoxy) is 1. The molecule has 3 heteroatoms. The maximum atomic E-state index is 11.0. The third-order valence-electron chi connectivity index (χ3n) is 3.23. The first kappa shape index (κ1) is 9.71. The molecule has 78 valence electrons. The number of carboxylic acids is 1. The van der Waals surface area contributed by atoms with Crippen LogP contribution in [-0.2, 0) is 9.53 Å². The van der Waals surface area contributed by atoms with Crippen LogP contribution in [0.1, 0.15) is 25.7 Å². The van der Waals surface area contributed by atoms with E-state index in [1.165, 1.54) is 0 Å². The zero-order valence-corrected chi connectivity index (χ0v) is 8.19. The van der Waals surface area contributed by atoms with Gasteiger partial charge >= 0.3 is 5.97 Å². The van der Waals surface area contributed by atoms with E-state index in [0.29, 0.717) is 18.9 Å². The largest absolute Gasteiger partial charge is 0.481 e.